The van der Waals surface area contributed by atoms with Crippen LogP contribution in [-0.2, 0) is 4.74 Å². The minimum Gasteiger partial charge on any atom is -0.381 e. The van der Waals surface area contributed by atoms with Crippen molar-refractivity contribution in [1.29, 1.82) is 0 Å². The Kier molecular flexibility index (Phi) is 5.13. The largest absolute Gasteiger partial charge is 0.381 e. The third kappa shape index (κ3) is 3.51. The van der Waals surface area contributed by atoms with E-state index in [0.29, 0.717) is 10.0 Å². The van der Waals surface area contributed by atoms with E-state index in [1.54, 1.807) is 6.07 Å². The van der Waals surface area contributed by atoms with Crippen LogP contribution in [0.5, 0.6) is 0 Å². The van der Waals surface area contributed by atoms with Crippen LogP contribution in [0.1, 0.15) is 6.92 Å². The molecule has 1 aliphatic rings. The van der Waals surface area contributed by atoms with Crippen LogP contribution in [-0.4, -0.2) is 43.8 Å². The molecule has 5 heteroatoms. The molecule has 3 nitrogen and oxygen atoms in total. The monoisotopic (exact) mass is 288 g/mol. The lowest BCUT2D eigenvalue weighted by atomic mass is 10.2. The molecule has 0 radical (unpaired) electrons. The molecule has 1 saturated heterocycles. The van der Waals surface area contributed by atoms with Gasteiger partial charge in [-0.1, -0.05) is 36.2 Å². The fourth-order valence-electron chi connectivity index (χ4n) is 2.06. The molecular weight excluding hydrogens is 271 g/mol. The first kappa shape index (κ1) is 13.9. The fraction of sp³-hybridized carbons (Fsp3) is 0.538. The van der Waals surface area contributed by atoms with Gasteiger partial charge in [0, 0.05) is 19.6 Å². The van der Waals surface area contributed by atoms with Gasteiger partial charge in [0.05, 0.1) is 28.4 Å². The van der Waals surface area contributed by atoms with Gasteiger partial charge in [-0.2, -0.15) is 0 Å². The van der Waals surface area contributed by atoms with E-state index < -0.39 is 0 Å². The van der Waals surface area contributed by atoms with Gasteiger partial charge in [0.2, 0.25) is 0 Å². The molecule has 1 fully saturated rings. The van der Waals surface area contributed by atoms with E-state index in [1.807, 2.05) is 12.1 Å². The normalized spacial score (nSPS) is 20.9. The zero-order valence-corrected chi connectivity index (χ0v) is 12.0. The van der Waals surface area contributed by atoms with E-state index in [0.717, 1.165) is 38.5 Å². The average Bonchev–Trinajstić information content (AvgIpc) is 2.41. The SMILES string of the molecule is CCN1CCOC(CNc2cccc(Cl)c2Cl)C1. The summed E-state index contributed by atoms with van der Waals surface area (Å²) in [6.07, 6.45) is 0.203. The number of nitrogens with one attached hydrogen (secondary N) is 1. The first-order chi connectivity index (χ1) is 8.70. The highest BCUT2D eigenvalue weighted by Gasteiger charge is 2.19. The number of halogens is 2. The van der Waals surface area contributed by atoms with E-state index in [4.69, 9.17) is 27.9 Å². The van der Waals surface area contributed by atoms with Crippen molar-refractivity contribution >= 4 is 28.9 Å². The van der Waals surface area contributed by atoms with Crippen LogP contribution in [0.4, 0.5) is 5.69 Å². The van der Waals surface area contributed by atoms with Crippen LogP contribution >= 0.6 is 23.2 Å². The molecule has 0 amide bonds. The molecule has 2 rings (SSSR count). The Morgan fingerprint density at radius 2 is 2.28 bits per heavy atom. The lowest BCUT2D eigenvalue weighted by molar-refractivity contribution is -0.0191. The van der Waals surface area contributed by atoms with Crippen LogP contribution in [0.2, 0.25) is 10.0 Å². The van der Waals surface area contributed by atoms with E-state index in [-0.39, 0.29) is 6.10 Å². The molecule has 100 valence electrons. The second-order valence-electron chi connectivity index (χ2n) is 4.37. The van der Waals surface area contributed by atoms with Gasteiger partial charge >= 0.3 is 0 Å². The molecule has 0 aromatic heterocycles. The van der Waals surface area contributed by atoms with Crippen molar-refractivity contribution in [2.45, 2.75) is 13.0 Å². The van der Waals surface area contributed by atoms with Gasteiger partial charge in [0.1, 0.15) is 0 Å². The smallest absolute Gasteiger partial charge is 0.0874 e. The number of rotatable bonds is 4. The lowest BCUT2D eigenvalue weighted by Crippen LogP contribution is -2.45. The van der Waals surface area contributed by atoms with Crippen LogP contribution < -0.4 is 5.32 Å². The Balaban J connectivity index is 1.89. The number of anilines is 1. The summed E-state index contributed by atoms with van der Waals surface area (Å²) in [5.41, 5.74) is 0.862. The summed E-state index contributed by atoms with van der Waals surface area (Å²) in [6, 6.07) is 5.59. The summed E-state index contributed by atoms with van der Waals surface area (Å²) in [5.74, 6) is 0. The number of hydrogen-bond acceptors (Lipinski definition) is 3. The van der Waals surface area contributed by atoms with Crippen LogP contribution in [0, 0.1) is 0 Å². The van der Waals surface area contributed by atoms with E-state index in [9.17, 15) is 0 Å². The molecule has 0 spiro atoms. The maximum Gasteiger partial charge on any atom is 0.0874 e. The Bertz CT molecular complexity index is 401. The summed E-state index contributed by atoms with van der Waals surface area (Å²) in [4.78, 5) is 2.38. The second kappa shape index (κ2) is 6.62. The number of hydrogen-bond donors (Lipinski definition) is 1. The zero-order chi connectivity index (χ0) is 13.0. The molecular formula is C13H18Cl2N2O. The minimum atomic E-state index is 0.203. The van der Waals surface area contributed by atoms with Crippen molar-refractivity contribution in [3.63, 3.8) is 0 Å². The van der Waals surface area contributed by atoms with Crippen molar-refractivity contribution in [3.05, 3.63) is 28.2 Å². The van der Waals surface area contributed by atoms with Crippen molar-refractivity contribution in [2.24, 2.45) is 0 Å². The van der Waals surface area contributed by atoms with Crippen molar-refractivity contribution in [3.8, 4) is 0 Å². The Labute approximate surface area is 118 Å². The minimum absolute atomic E-state index is 0.203. The second-order valence-corrected chi connectivity index (χ2v) is 5.15. The Hall–Kier alpha value is -0.480. The first-order valence-electron chi connectivity index (χ1n) is 6.22. The Morgan fingerprint density at radius 3 is 3.06 bits per heavy atom. The molecule has 1 N–H and O–H groups in total. The molecule has 1 aliphatic heterocycles. The highest BCUT2D eigenvalue weighted by Crippen LogP contribution is 2.29. The van der Waals surface area contributed by atoms with Crippen LogP contribution in [0.3, 0.4) is 0 Å². The Morgan fingerprint density at radius 1 is 1.44 bits per heavy atom. The highest BCUT2D eigenvalue weighted by molar-refractivity contribution is 6.43. The third-order valence-electron chi connectivity index (χ3n) is 3.14. The van der Waals surface area contributed by atoms with E-state index in [1.165, 1.54) is 0 Å². The number of ether oxygens (including phenoxy) is 1. The molecule has 0 saturated carbocycles. The number of nitrogens with zero attached hydrogens (tertiary/aromatic N) is 1. The molecule has 0 bridgehead atoms. The average molecular weight is 289 g/mol. The summed E-state index contributed by atoms with van der Waals surface area (Å²) >= 11 is 12.1. The van der Waals surface area contributed by atoms with Gasteiger partial charge in [0.25, 0.3) is 0 Å². The van der Waals surface area contributed by atoms with Crippen molar-refractivity contribution in [2.75, 3.05) is 38.1 Å². The molecule has 1 atom stereocenters. The molecule has 1 aromatic rings. The first-order valence-corrected chi connectivity index (χ1v) is 6.98. The van der Waals surface area contributed by atoms with Gasteiger partial charge in [-0.15, -0.1) is 0 Å². The highest BCUT2D eigenvalue weighted by atomic mass is 35.5. The van der Waals surface area contributed by atoms with Crippen LogP contribution in [0.15, 0.2) is 18.2 Å². The standard InChI is InChI=1S/C13H18Cl2N2O/c1-2-17-6-7-18-10(9-17)8-16-12-5-3-4-11(14)13(12)15/h3-5,10,16H,2,6-9H2,1H3. The summed E-state index contributed by atoms with van der Waals surface area (Å²) in [7, 11) is 0. The van der Waals surface area contributed by atoms with Crippen molar-refractivity contribution < 1.29 is 4.74 Å². The van der Waals surface area contributed by atoms with E-state index >= 15 is 0 Å². The van der Waals surface area contributed by atoms with Gasteiger partial charge in [-0.05, 0) is 18.7 Å². The van der Waals surface area contributed by atoms with Gasteiger partial charge in [-0.25, -0.2) is 0 Å². The topological polar surface area (TPSA) is 24.5 Å². The summed E-state index contributed by atoms with van der Waals surface area (Å²) in [6.45, 7) is 6.76. The number of likely N-dealkylation sites (N-methyl/N-ethyl adjacent to an activating group) is 1. The predicted molar refractivity (Wildman–Crippen MR) is 76.8 cm³/mol. The predicted octanol–water partition coefficient (Wildman–Crippen LogP) is 3.13. The lowest BCUT2D eigenvalue weighted by Gasteiger charge is -2.32. The molecule has 0 aliphatic carbocycles. The summed E-state index contributed by atoms with van der Waals surface area (Å²) in [5, 5.41) is 4.44. The maximum atomic E-state index is 6.12. The summed E-state index contributed by atoms with van der Waals surface area (Å²) < 4.78 is 5.72. The van der Waals surface area contributed by atoms with Gasteiger partial charge in [0.15, 0.2) is 0 Å². The fourth-order valence-corrected chi connectivity index (χ4v) is 2.42. The molecule has 1 aromatic carbocycles. The third-order valence-corrected chi connectivity index (χ3v) is 3.96. The molecule has 18 heavy (non-hydrogen) atoms. The zero-order valence-electron chi connectivity index (χ0n) is 10.5. The van der Waals surface area contributed by atoms with Gasteiger partial charge < -0.3 is 10.1 Å². The quantitative estimate of drug-likeness (QED) is 0.921. The number of benzene rings is 1. The number of morpholine rings is 1. The molecule has 1 unspecified atom stereocenters. The van der Waals surface area contributed by atoms with E-state index in [2.05, 4.69) is 17.1 Å². The maximum absolute atomic E-state index is 6.12. The van der Waals surface area contributed by atoms with Crippen LogP contribution in [0.25, 0.3) is 0 Å². The van der Waals surface area contributed by atoms with Crippen molar-refractivity contribution in [1.82, 2.24) is 4.90 Å². The molecule has 1 heterocycles. The van der Waals surface area contributed by atoms with Gasteiger partial charge in [-0.3, -0.25) is 4.90 Å².